The van der Waals surface area contributed by atoms with Crippen LogP contribution in [-0.2, 0) is 13.2 Å². The van der Waals surface area contributed by atoms with Gasteiger partial charge in [-0.15, -0.1) is 0 Å². The zero-order chi connectivity index (χ0) is 15.8. The van der Waals surface area contributed by atoms with Crippen LogP contribution < -0.4 is 14.8 Å². The van der Waals surface area contributed by atoms with Crippen LogP contribution in [0.25, 0.3) is 0 Å². The molecule has 0 unspecified atom stereocenters. The fourth-order valence-electron chi connectivity index (χ4n) is 2.16. The Bertz CT molecular complexity index is 601. The maximum atomic E-state index is 13.7. The minimum Gasteiger partial charge on any atom is -0.490 e. The van der Waals surface area contributed by atoms with Crippen molar-refractivity contribution in [2.45, 2.75) is 27.0 Å². The van der Waals surface area contributed by atoms with E-state index in [1.54, 1.807) is 18.2 Å². The Hall–Kier alpha value is -2.07. The van der Waals surface area contributed by atoms with Crippen LogP contribution in [0.3, 0.4) is 0 Å². The highest BCUT2D eigenvalue weighted by Crippen LogP contribution is 2.32. The molecule has 0 atom stereocenters. The summed E-state index contributed by atoms with van der Waals surface area (Å²) in [5.41, 5.74) is 1.53. The molecule has 2 aromatic rings. The van der Waals surface area contributed by atoms with Crippen molar-refractivity contribution in [1.29, 1.82) is 0 Å². The van der Waals surface area contributed by atoms with Gasteiger partial charge in [0.25, 0.3) is 0 Å². The average Bonchev–Trinajstić information content (AvgIpc) is 2.53. The molecule has 0 heterocycles. The van der Waals surface area contributed by atoms with Gasteiger partial charge in [-0.1, -0.05) is 37.3 Å². The first kappa shape index (κ1) is 16.3. The number of para-hydroxylation sites is 1. The van der Waals surface area contributed by atoms with Gasteiger partial charge < -0.3 is 14.8 Å². The summed E-state index contributed by atoms with van der Waals surface area (Å²) in [7, 11) is 0. The van der Waals surface area contributed by atoms with Crippen molar-refractivity contribution >= 4 is 0 Å². The quantitative estimate of drug-likeness (QED) is 0.802. The third kappa shape index (κ3) is 4.21. The third-order valence-electron chi connectivity index (χ3n) is 3.26. The standard InChI is InChI=1S/C18H22FNO2/c1-3-20-12-14-9-7-11-17(21-4-2)18(14)22-13-15-8-5-6-10-16(15)19/h5-11,20H,3-4,12-13H2,1-2H3. The first-order chi connectivity index (χ1) is 10.8. The molecule has 0 radical (unpaired) electrons. The first-order valence-electron chi connectivity index (χ1n) is 7.57. The summed E-state index contributed by atoms with van der Waals surface area (Å²) in [5, 5.41) is 3.27. The number of halogens is 1. The second-order valence-electron chi connectivity index (χ2n) is 4.84. The monoisotopic (exact) mass is 303 g/mol. The zero-order valence-corrected chi connectivity index (χ0v) is 13.1. The molecule has 0 bridgehead atoms. The molecular formula is C18H22FNO2. The van der Waals surface area contributed by atoms with Crippen LogP contribution in [-0.4, -0.2) is 13.2 Å². The topological polar surface area (TPSA) is 30.5 Å². The maximum Gasteiger partial charge on any atom is 0.166 e. The van der Waals surface area contributed by atoms with Gasteiger partial charge in [0, 0.05) is 17.7 Å². The van der Waals surface area contributed by atoms with Crippen LogP contribution in [0.15, 0.2) is 42.5 Å². The van der Waals surface area contributed by atoms with Gasteiger partial charge >= 0.3 is 0 Å². The molecule has 2 rings (SSSR count). The third-order valence-corrected chi connectivity index (χ3v) is 3.26. The molecule has 0 saturated heterocycles. The van der Waals surface area contributed by atoms with E-state index in [1.165, 1.54) is 6.07 Å². The maximum absolute atomic E-state index is 13.7. The molecule has 0 saturated carbocycles. The Morgan fingerprint density at radius 2 is 1.73 bits per heavy atom. The smallest absolute Gasteiger partial charge is 0.166 e. The van der Waals surface area contributed by atoms with E-state index in [4.69, 9.17) is 9.47 Å². The number of nitrogens with one attached hydrogen (secondary N) is 1. The molecule has 0 fully saturated rings. The van der Waals surface area contributed by atoms with Crippen LogP contribution in [0.4, 0.5) is 4.39 Å². The summed E-state index contributed by atoms with van der Waals surface area (Å²) in [5.74, 6) is 1.10. The predicted octanol–water partition coefficient (Wildman–Crippen LogP) is 3.91. The second kappa shape index (κ2) is 8.39. The predicted molar refractivity (Wildman–Crippen MR) is 85.7 cm³/mol. The van der Waals surface area contributed by atoms with Gasteiger partial charge in [0.05, 0.1) is 6.61 Å². The lowest BCUT2D eigenvalue weighted by molar-refractivity contribution is 0.262. The normalized spacial score (nSPS) is 10.5. The van der Waals surface area contributed by atoms with Crippen LogP contribution in [0, 0.1) is 5.82 Å². The Labute approximate surface area is 131 Å². The summed E-state index contributed by atoms with van der Waals surface area (Å²) >= 11 is 0. The van der Waals surface area contributed by atoms with E-state index in [-0.39, 0.29) is 12.4 Å². The van der Waals surface area contributed by atoms with Crippen molar-refractivity contribution in [2.75, 3.05) is 13.2 Å². The number of ether oxygens (including phenoxy) is 2. The van der Waals surface area contributed by atoms with Gasteiger partial charge in [-0.25, -0.2) is 4.39 Å². The number of hydrogen-bond acceptors (Lipinski definition) is 3. The largest absolute Gasteiger partial charge is 0.490 e. The van der Waals surface area contributed by atoms with Gasteiger partial charge in [-0.3, -0.25) is 0 Å². The fraction of sp³-hybridized carbons (Fsp3) is 0.333. The van der Waals surface area contributed by atoms with Crippen molar-refractivity contribution in [3.63, 3.8) is 0 Å². The van der Waals surface area contributed by atoms with Crippen molar-refractivity contribution in [3.8, 4) is 11.5 Å². The van der Waals surface area contributed by atoms with Crippen LogP contribution in [0.1, 0.15) is 25.0 Å². The van der Waals surface area contributed by atoms with Crippen molar-refractivity contribution in [2.24, 2.45) is 0 Å². The molecule has 3 nitrogen and oxygen atoms in total. The molecule has 0 amide bonds. The van der Waals surface area contributed by atoms with E-state index in [0.717, 1.165) is 12.1 Å². The van der Waals surface area contributed by atoms with E-state index < -0.39 is 0 Å². The molecule has 1 N–H and O–H groups in total. The molecule has 0 aromatic heterocycles. The molecule has 4 heteroatoms. The van der Waals surface area contributed by atoms with Crippen LogP contribution in [0.2, 0.25) is 0 Å². The lowest BCUT2D eigenvalue weighted by Crippen LogP contribution is -2.13. The minimum atomic E-state index is -0.260. The number of hydrogen-bond donors (Lipinski definition) is 1. The fourth-order valence-corrected chi connectivity index (χ4v) is 2.16. The Morgan fingerprint density at radius 3 is 2.45 bits per heavy atom. The lowest BCUT2D eigenvalue weighted by Gasteiger charge is -2.16. The first-order valence-corrected chi connectivity index (χ1v) is 7.57. The summed E-state index contributed by atoms with van der Waals surface area (Å²) in [6.45, 7) is 6.26. The Kier molecular flexibility index (Phi) is 6.22. The van der Waals surface area contributed by atoms with Crippen LogP contribution >= 0.6 is 0 Å². The van der Waals surface area contributed by atoms with E-state index in [2.05, 4.69) is 5.32 Å². The number of benzene rings is 2. The highest BCUT2D eigenvalue weighted by atomic mass is 19.1. The van der Waals surface area contributed by atoms with Gasteiger partial charge in [-0.2, -0.15) is 0 Å². The molecular weight excluding hydrogens is 281 g/mol. The molecule has 0 aliphatic rings. The summed E-state index contributed by atoms with van der Waals surface area (Å²) in [6, 6.07) is 12.4. The summed E-state index contributed by atoms with van der Waals surface area (Å²) in [4.78, 5) is 0. The molecule has 2 aromatic carbocycles. The lowest BCUT2D eigenvalue weighted by atomic mass is 10.1. The van der Waals surface area contributed by atoms with Gasteiger partial charge in [0.15, 0.2) is 11.5 Å². The van der Waals surface area contributed by atoms with E-state index in [1.807, 2.05) is 32.0 Å². The van der Waals surface area contributed by atoms with Gasteiger partial charge in [0.1, 0.15) is 12.4 Å². The SMILES string of the molecule is CCNCc1cccc(OCC)c1OCc1ccccc1F. The molecule has 22 heavy (non-hydrogen) atoms. The summed E-state index contributed by atoms with van der Waals surface area (Å²) < 4.78 is 25.2. The van der Waals surface area contributed by atoms with Gasteiger partial charge in [-0.05, 0) is 25.6 Å². The molecule has 0 spiro atoms. The Balaban J connectivity index is 2.21. The van der Waals surface area contributed by atoms with Gasteiger partial charge in [0.2, 0.25) is 0 Å². The summed E-state index contributed by atoms with van der Waals surface area (Å²) in [6.07, 6.45) is 0. The zero-order valence-electron chi connectivity index (χ0n) is 13.1. The highest BCUT2D eigenvalue weighted by molar-refractivity contribution is 5.46. The van der Waals surface area contributed by atoms with E-state index in [9.17, 15) is 4.39 Å². The van der Waals surface area contributed by atoms with Crippen LogP contribution in [0.5, 0.6) is 11.5 Å². The molecule has 0 aliphatic heterocycles. The minimum absolute atomic E-state index is 0.176. The Morgan fingerprint density at radius 1 is 0.955 bits per heavy atom. The van der Waals surface area contributed by atoms with E-state index >= 15 is 0 Å². The highest BCUT2D eigenvalue weighted by Gasteiger charge is 2.12. The average molecular weight is 303 g/mol. The second-order valence-corrected chi connectivity index (χ2v) is 4.84. The van der Waals surface area contributed by atoms with E-state index in [0.29, 0.717) is 30.2 Å². The van der Waals surface area contributed by atoms with Crippen molar-refractivity contribution in [3.05, 3.63) is 59.4 Å². The molecule has 0 aliphatic carbocycles. The van der Waals surface area contributed by atoms with Crippen molar-refractivity contribution < 1.29 is 13.9 Å². The molecule has 118 valence electrons. The van der Waals surface area contributed by atoms with Crippen molar-refractivity contribution in [1.82, 2.24) is 5.32 Å². The number of rotatable bonds is 8.